The maximum Gasteiger partial charge on any atom is 0.252 e. The first kappa shape index (κ1) is 18.2. The van der Waals surface area contributed by atoms with E-state index in [1.807, 2.05) is 55.3 Å². The monoisotopic (exact) mass is 378 g/mol. The van der Waals surface area contributed by atoms with Crippen molar-refractivity contribution < 1.29 is 14.3 Å². The molecule has 1 saturated heterocycles. The van der Waals surface area contributed by atoms with Crippen molar-refractivity contribution in [2.45, 2.75) is 26.0 Å². The Labute approximate surface area is 163 Å². The number of benzene rings is 1. The number of rotatable bonds is 6. The minimum atomic E-state index is -0.513. The van der Waals surface area contributed by atoms with Crippen LogP contribution in [0.2, 0.25) is 0 Å². The molecule has 1 aromatic carbocycles. The topological polar surface area (TPSA) is 92.3 Å². The highest BCUT2D eigenvalue weighted by Crippen LogP contribution is 2.30. The van der Waals surface area contributed by atoms with Gasteiger partial charge in [0.1, 0.15) is 5.75 Å². The molecule has 0 radical (unpaired) electrons. The summed E-state index contributed by atoms with van der Waals surface area (Å²) in [5.74, 6) is -0.0373. The molecule has 1 fully saturated rings. The van der Waals surface area contributed by atoms with Crippen LogP contribution in [0.25, 0.3) is 22.3 Å². The van der Waals surface area contributed by atoms with E-state index in [0.29, 0.717) is 30.6 Å². The van der Waals surface area contributed by atoms with Crippen LogP contribution in [0.1, 0.15) is 30.2 Å². The number of hydrogen-bond donors (Lipinski definition) is 1. The maximum atomic E-state index is 11.7. The number of amides is 1. The number of hydrogen-bond acceptors (Lipinski definition) is 5. The third-order valence-electron chi connectivity index (χ3n) is 4.61. The van der Waals surface area contributed by atoms with E-state index in [-0.39, 0.29) is 6.10 Å². The smallest absolute Gasteiger partial charge is 0.252 e. The lowest BCUT2D eigenvalue weighted by Gasteiger charge is -2.25. The summed E-state index contributed by atoms with van der Waals surface area (Å²) < 4.78 is 12.9. The van der Waals surface area contributed by atoms with Gasteiger partial charge in [0.25, 0.3) is 5.91 Å². The van der Waals surface area contributed by atoms with Crippen LogP contribution in [0.4, 0.5) is 0 Å². The first-order valence-corrected chi connectivity index (χ1v) is 9.19. The minimum Gasteiger partial charge on any atom is -0.490 e. The summed E-state index contributed by atoms with van der Waals surface area (Å²) in [4.78, 5) is 16.1. The molecule has 3 aromatic rings. The number of primary amides is 1. The number of pyridine rings is 1. The minimum absolute atomic E-state index is 0.0702. The Morgan fingerprint density at radius 1 is 1.14 bits per heavy atom. The molecule has 0 atom stereocenters. The fourth-order valence-corrected chi connectivity index (χ4v) is 3.08. The molecule has 0 saturated carbocycles. The highest BCUT2D eigenvalue weighted by Gasteiger charge is 2.21. The Balaban J connectivity index is 1.67. The van der Waals surface area contributed by atoms with Crippen LogP contribution in [0.15, 0.2) is 49.1 Å². The highest BCUT2D eigenvalue weighted by molar-refractivity contribution is 5.96. The van der Waals surface area contributed by atoms with Crippen LogP contribution in [0, 0.1) is 0 Å². The van der Waals surface area contributed by atoms with E-state index < -0.39 is 5.91 Å². The molecule has 0 aliphatic carbocycles. The predicted octanol–water partition coefficient (Wildman–Crippen LogP) is 3.07. The number of nitrogens with zero attached hydrogens (tertiary/aromatic N) is 3. The van der Waals surface area contributed by atoms with Gasteiger partial charge in [0.2, 0.25) is 0 Å². The van der Waals surface area contributed by atoms with Crippen molar-refractivity contribution in [1.29, 1.82) is 0 Å². The lowest BCUT2D eigenvalue weighted by molar-refractivity contribution is -0.0286. The summed E-state index contributed by atoms with van der Waals surface area (Å²) in [6, 6.07) is 7.72. The largest absolute Gasteiger partial charge is 0.490 e. The summed E-state index contributed by atoms with van der Waals surface area (Å²) in [7, 11) is 0. The third kappa shape index (κ3) is 3.61. The molecule has 144 valence electrons. The second kappa shape index (κ2) is 7.44. The van der Waals surface area contributed by atoms with Gasteiger partial charge in [-0.3, -0.25) is 14.5 Å². The molecular formula is C21H22N4O3. The Bertz CT molecular complexity index is 1010. The van der Waals surface area contributed by atoms with Crippen LogP contribution < -0.4 is 10.5 Å². The lowest BCUT2D eigenvalue weighted by atomic mass is 10.0. The van der Waals surface area contributed by atoms with Gasteiger partial charge in [-0.25, -0.2) is 0 Å². The molecule has 4 rings (SSSR count). The maximum absolute atomic E-state index is 11.7. The molecule has 1 aliphatic rings. The van der Waals surface area contributed by atoms with Gasteiger partial charge in [-0.05, 0) is 37.6 Å². The van der Waals surface area contributed by atoms with E-state index >= 15 is 0 Å². The normalized spacial score (nSPS) is 14.1. The first-order chi connectivity index (χ1) is 13.5. The molecule has 1 aliphatic heterocycles. The van der Waals surface area contributed by atoms with Crippen molar-refractivity contribution in [3.8, 4) is 28.0 Å². The van der Waals surface area contributed by atoms with Gasteiger partial charge in [-0.1, -0.05) is 6.07 Å². The number of ether oxygens (including phenoxy) is 2. The molecule has 28 heavy (non-hydrogen) atoms. The van der Waals surface area contributed by atoms with Crippen LogP contribution >= 0.6 is 0 Å². The van der Waals surface area contributed by atoms with Gasteiger partial charge in [0.15, 0.2) is 0 Å². The Morgan fingerprint density at radius 3 is 2.54 bits per heavy atom. The Kier molecular flexibility index (Phi) is 4.83. The van der Waals surface area contributed by atoms with Crippen LogP contribution in [-0.4, -0.2) is 40.0 Å². The lowest BCUT2D eigenvalue weighted by Crippen LogP contribution is -2.30. The van der Waals surface area contributed by atoms with Crippen molar-refractivity contribution in [3.05, 3.63) is 54.6 Å². The SMILES string of the molecule is CC(C)Oc1cc(-c2cncc(-c3cnn(C4COC4)c3)c2)ccc1C(N)=O. The zero-order valence-electron chi connectivity index (χ0n) is 15.8. The standard InChI is InChI=1S/C21H22N4O3/c1-13(2)28-20-6-14(3-4-19(20)21(22)26)15-5-16(8-23-7-15)17-9-24-25(10-17)18-11-27-12-18/h3-10,13,18H,11-12H2,1-2H3,(H2,22,26). The van der Waals surface area contributed by atoms with Crippen LogP contribution in [-0.2, 0) is 4.74 Å². The zero-order valence-corrected chi connectivity index (χ0v) is 15.8. The molecule has 0 spiro atoms. The van der Waals surface area contributed by atoms with Gasteiger partial charge in [-0.2, -0.15) is 5.10 Å². The van der Waals surface area contributed by atoms with Crippen molar-refractivity contribution in [3.63, 3.8) is 0 Å². The summed E-state index contributed by atoms with van der Waals surface area (Å²) in [5.41, 5.74) is 9.62. The summed E-state index contributed by atoms with van der Waals surface area (Å²) >= 11 is 0. The van der Waals surface area contributed by atoms with Crippen molar-refractivity contribution in [2.75, 3.05) is 13.2 Å². The van der Waals surface area contributed by atoms with E-state index in [1.165, 1.54) is 0 Å². The molecule has 0 bridgehead atoms. The summed E-state index contributed by atoms with van der Waals surface area (Å²) in [6.45, 7) is 5.21. The number of aromatic nitrogens is 3. The molecule has 1 amide bonds. The third-order valence-corrected chi connectivity index (χ3v) is 4.61. The fraction of sp³-hybridized carbons (Fsp3) is 0.286. The van der Waals surface area contributed by atoms with E-state index in [1.54, 1.807) is 12.3 Å². The fourth-order valence-electron chi connectivity index (χ4n) is 3.08. The second-order valence-electron chi connectivity index (χ2n) is 7.10. The molecular weight excluding hydrogens is 356 g/mol. The van der Waals surface area contributed by atoms with Crippen molar-refractivity contribution in [1.82, 2.24) is 14.8 Å². The second-order valence-corrected chi connectivity index (χ2v) is 7.10. The molecule has 2 N–H and O–H groups in total. The predicted molar refractivity (Wildman–Crippen MR) is 105 cm³/mol. The van der Waals surface area contributed by atoms with E-state index in [9.17, 15) is 4.79 Å². The molecule has 7 nitrogen and oxygen atoms in total. The number of carbonyl (C=O) groups excluding carboxylic acids is 1. The molecule has 2 aromatic heterocycles. The average molecular weight is 378 g/mol. The van der Waals surface area contributed by atoms with Gasteiger partial charge in [0.05, 0.1) is 37.1 Å². The molecule has 3 heterocycles. The molecule has 0 unspecified atom stereocenters. The summed E-state index contributed by atoms with van der Waals surface area (Å²) in [6.07, 6.45) is 7.37. The van der Waals surface area contributed by atoms with Crippen molar-refractivity contribution >= 4 is 5.91 Å². The highest BCUT2D eigenvalue weighted by atomic mass is 16.5. The zero-order chi connectivity index (χ0) is 19.7. The van der Waals surface area contributed by atoms with E-state index in [2.05, 4.69) is 10.1 Å². The van der Waals surface area contributed by atoms with Gasteiger partial charge < -0.3 is 15.2 Å². The number of carbonyl (C=O) groups is 1. The van der Waals surface area contributed by atoms with Crippen LogP contribution in [0.3, 0.4) is 0 Å². The van der Waals surface area contributed by atoms with Gasteiger partial charge in [-0.15, -0.1) is 0 Å². The quantitative estimate of drug-likeness (QED) is 0.712. The molecule has 7 heteroatoms. The van der Waals surface area contributed by atoms with E-state index in [4.69, 9.17) is 15.2 Å². The van der Waals surface area contributed by atoms with Gasteiger partial charge >= 0.3 is 0 Å². The average Bonchev–Trinajstić information content (AvgIpc) is 3.09. The van der Waals surface area contributed by atoms with Crippen LogP contribution in [0.5, 0.6) is 5.75 Å². The number of nitrogens with two attached hydrogens (primary N) is 1. The Morgan fingerprint density at radius 2 is 1.89 bits per heavy atom. The van der Waals surface area contributed by atoms with Gasteiger partial charge in [0, 0.05) is 35.3 Å². The summed E-state index contributed by atoms with van der Waals surface area (Å²) in [5, 5.41) is 4.43. The van der Waals surface area contributed by atoms with Crippen molar-refractivity contribution in [2.24, 2.45) is 5.73 Å². The van der Waals surface area contributed by atoms with E-state index in [0.717, 1.165) is 22.3 Å². The Hall–Kier alpha value is -3.19. The first-order valence-electron chi connectivity index (χ1n) is 9.19.